The molecule has 0 aliphatic carbocycles. The van der Waals surface area contributed by atoms with Gasteiger partial charge in [0.15, 0.2) is 0 Å². The van der Waals surface area contributed by atoms with E-state index in [9.17, 15) is 14.4 Å². The lowest BCUT2D eigenvalue weighted by Gasteiger charge is -2.21. The molecule has 0 fully saturated rings. The summed E-state index contributed by atoms with van der Waals surface area (Å²) in [5.74, 6) is 0.213. The zero-order valence-corrected chi connectivity index (χ0v) is 17.7. The van der Waals surface area contributed by atoms with Crippen LogP contribution in [0, 0.1) is 0 Å². The van der Waals surface area contributed by atoms with Crippen molar-refractivity contribution in [1.29, 1.82) is 0 Å². The Bertz CT molecular complexity index is 1240. The molecule has 31 heavy (non-hydrogen) atoms. The fourth-order valence-electron chi connectivity index (χ4n) is 3.21. The molecule has 2 aromatic heterocycles. The molecule has 160 valence electrons. The monoisotopic (exact) mass is 440 g/mol. The van der Waals surface area contributed by atoms with E-state index in [-0.39, 0.29) is 30.8 Å². The Kier molecular flexibility index (Phi) is 5.72. The molecule has 0 radical (unpaired) electrons. The van der Waals surface area contributed by atoms with Crippen LogP contribution in [0.3, 0.4) is 0 Å². The van der Waals surface area contributed by atoms with Crippen molar-refractivity contribution >= 4 is 33.6 Å². The van der Waals surface area contributed by atoms with Crippen LogP contribution in [0.1, 0.15) is 6.92 Å². The molecule has 3 heterocycles. The molecule has 3 aromatic rings. The van der Waals surface area contributed by atoms with Crippen molar-refractivity contribution in [2.24, 2.45) is 0 Å². The highest BCUT2D eigenvalue weighted by atomic mass is 32.1. The van der Waals surface area contributed by atoms with E-state index in [4.69, 9.17) is 9.47 Å². The van der Waals surface area contributed by atoms with Crippen LogP contribution in [-0.2, 0) is 16.1 Å². The molecular formula is C21H20N4O5S. The Labute approximate surface area is 181 Å². The molecule has 10 heteroatoms. The summed E-state index contributed by atoms with van der Waals surface area (Å²) in [6.07, 6.45) is 1.42. The van der Waals surface area contributed by atoms with Crippen molar-refractivity contribution in [3.05, 3.63) is 58.3 Å². The van der Waals surface area contributed by atoms with Crippen molar-refractivity contribution in [2.75, 3.05) is 20.3 Å². The molecule has 0 saturated heterocycles. The van der Waals surface area contributed by atoms with Gasteiger partial charge in [-0.1, -0.05) is 0 Å². The number of urea groups is 1. The zero-order valence-electron chi connectivity index (χ0n) is 16.9. The standard InChI is InChI=1S/C21H20N4O5S/c1-3-30-20(27)14-9-22-21(28)24-16(14)10-25-11-23-15-8-17(31-18(15)19(25)26)12-4-6-13(29-2)7-5-12/h4-8,11H,3,9-10H2,1-2H3,(H2,22,24,28). The van der Waals surface area contributed by atoms with E-state index >= 15 is 0 Å². The summed E-state index contributed by atoms with van der Waals surface area (Å²) in [5, 5.41) is 5.15. The van der Waals surface area contributed by atoms with Crippen LogP contribution >= 0.6 is 11.3 Å². The van der Waals surface area contributed by atoms with E-state index in [1.165, 1.54) is 22.2 Å². The van der Waals surface area contributed by atoms with Gasteiger partial charge in [-0.3, -0.25) is 9.36 Å². The van der Waals surface area contributed by atoms with Crippen LogP contribution in [0.5, 0.6) is 5.75 Å². The maximum atomic E-state index is 13.1. The number of amides is 2. The van der Waals surface area contributed by atoms with Gasteiger partial charge >= 0.3 is 12.0 Å². The Morgan fingerprint density at radius 2 is 2.03 bits per heavy atom. The number of esters is 1. The van der Waals surface area contributed by atoms with Crippen molar-refractivity contribution in [2.45, 2.75) is 13.5 Å². The fraction of sp³-hybridized carbons (Fsp3) is 0.238. The van der Waals surface area contributed by atoms with Gasteiger partial charge in [0.2, 0.25) is 0 Å². The number of carbonyl (C=O) groups is 2. The van der Waals surface area contributed by atoms with Gasteiger partial charge in [0.25, 0.3) is 5.56 Å². The first-order chi connectivity index (χ1) is 15.0. The van der Waals surface area contributed by atoms with Crippen LogP contribution in [0.25, 0.3) is 20.7 Å². The summed E-state index contributed by atoms with van der Waals surface area (Å²) in [6.45, 7) is 1.94. The van der Waals surface area contributed by atoms with Gasteiger partial charge in [-0.25, -0.2) is 14.6 Å². The number of benzene rings is 1. The smallest absolute Gasteiger partial charge is 0.337 e. The van der Waals surface area contributed by atoms with Gasteiger partial charge in [0.1, 0.15) is 10.4 Å². The molecule has 1 aliphatic rings. The van der Waals surface area contributed by atoms with Crippen LogP contribution in [-0.4, -0.2) is 41.8 Å². The second kappa shape index (κ2) is 8.60. The summed E-state index contributed by atoms with van der Waals surface area (Å²) in [4.78, 5) is 42.4. The van der Waals surface area contributed by atoms with Gasteiger partial charge < -0.3 is 20.1 Å². The first kappa shape index (κ1) is 20.6. The molecule has 2 amide bonds. The zero-order chi connectivity index (χ0) is 22.0. The van der Waals surface area contributed by atoms with E-state index in [2.05, 4.69) is 15.6 Å². The van der Waals surface area contributed by atoms with Crippen LogP contribution < -0.4 is 20.9 Å². The minimum Gasteiger partial charge on any atom is -0.497 e. The van der Waals surface area contributed by atoms with Gasteiger partial charge in [-0.2, -0.15) is 0 Å². The summed E-state index contributed by atoms with van der Waals surface area (Å²) in [6, 6.07) is 8.97. The molecule has 0 atom stereocenters. The van der Waals surface area contributed by atoms with E-state index in [0.29, 0.717) is 15.9 Å². The highest BCUT2D eigenvalue weighted by molar-refractivity contribution is 7.22. The predicted octanol–water partition coefficient (Wildman–Crippen LogP) is 2.26. The number of hydrogen-bond acceptors (Lipinski definition) is 7. The summed E-state index contributed by atoms with van der Waals surface area (Å²) in [7, 11) is 1.61. The van der Waals surface area contributed by atoms with E-state index in [1.807, 2.05) is 30.3 Å². The lowest BCUT2D eigenvalue weighted by atomic mass is 10.1. The van der Waals surface area contributed by atoms with Gasteiger partial charge in [-0.05, 0) is 42.8 Å². The third-order valence-electron chi connectivity index (χ3n) is 4.78. The van der Waals surface area contributed by atoms with Gasteiger partial charge in [0, 0.05) is 4.88 Å². The molecule has 0 bridgehead atoms. The van der Waals surface area contributed by atoms with E-state index in [0.717, 1.165) is 16.2 Å². The summed E-state index contributed by atoms with van der Waals surface area (Å²) in [5.41, 5.74) is 1.88. The highest BCUT2D eigenvalue weighted by Gasteiger charge is 2.24. The molecule has 0 saturated carbocycles. The molecule has 0 unspecified atom stereocenters. The second-order valence-corrected chi connectivity index (χ2v) is 7.77. The maximum absolute atomic E-state index is 13.1. The van der Waals surface area contributed by atoms with Crippen LogP contribution in [0.15, 0.2) is 52.7 Å². The summed E-state index contributed by atoms with van der Waals surface area (Å²) < 4.78 is 12.1. The number of hydrogen-bond donors (Lipinski definition) is 2. The Balaban J connectivity index is 1.69. The van der Waals surface area contributed by atoms with Crippen molar-refractivity contribution in [1.82, 2.24) is 20.2 Å². The number of ether oxygens (including phenoxy) is 2. The van der Waals surface area contributed by atoms with Crippen LogP contribution in [0.2, 0.25) is 0 Å². The minimum absolute atomic E-state index is 0.000883. The third-order valence-corrected chi connectivity index (χ3v) is 5.94. The average Bonchev–Trinajstić information content (AvgIpc) is 3.21. The predicted molar refractivity (Wildman–Crippen MR) is 116 cm³/mol. The molecule has 4 rings (SSSR count). The Hall–Kier alpha value is -3.66. The first-order valence-corrected chi connectivity index (χ1v) is 10.4. The Morgan fingerprint density at radius 3 is 2.74 bits per heavy atom. The van der Waals surface area contributed by atoms with Gasteiger partial charge in [-0.15, -0.1) is 11.3 Å². The van der Waals surface area contributed by atoms with Crippen molar-refractivity contribution < 1.29 is 19.1 Å². The molecular weight excluding hydrogens is 420 g/mol. The molecule has 9 nitrogen and oxygen atoms in total. The number of nitrogens with one attached hydrogen (secondary N) is 2. The second-order valence-electron chi connectivity index (χ2n) is 6.72. The number of nitrogens with zero attached hydrogens (tertiary/aromatic N) is 2. The average molecular weight is 440 g/mol. The largest absolute Gasteiger partial charge is 0.497 e. The number of allylic oxidation sites excluding steroid dienone is 1. The first-order valence-electron chi connectivity index (χ1n) is 9.57. The highest BCUT2D eigenvalue weighted by Crippen LogP contribution is 2.31. The molecule has 1 aromatic carbocycles. The lowest BCUT2D eigenvalue weighted by molar-refractivity contribution is -0.138. The van der Waals surface area contributed by atoms with Crippen LogP contribution in [0.4, 0.5) is 4.79 Å². The SMILES string of the molecule is CCOC(=O)C1=C(Cn2cnc3cc(-c4ccc(OC)cc4)sc3c2=O)NC(=O)NC1. The van der Waals surface area contributed by atoms with Gasteiger partial charge in [0.05, 0.1) is 49.9 Å². The number of rotatable bonds is 6. The number of thiophene rings is 1. The Morgan fingerprint density at radius 1 is 1.26 bits per heavy atom. The quantitative estimate of drug-likeness (QED) is 0.569. The lowest BCUT2D eigenvalue weighted by Crippen LogP contribution is -2.45. The fourth-order valence-corrected chi connectivity index (χ4v) is 4.27. The number of methoxy groups -OCH3 is 1. The van der Waals surface area contributed by atoms with Crippen molar-refractivity contribution in [3.63, 3.8) is 0 Å². The topological polar surface area (TPSA) is 112 Å². The maximum Gasteiger partial charge on any atom is 0.337 e. The molecule has 2 N–H and O–H groups in total. The number of carbonyl (C=O) groups excluding carboxylic acids is 2. The third kappa shape index (κ3) is 4.15. The normalized spacial score (nSPS) is 13.7. The van der Waals surface area contributed by atoms with E-state index in [1.54, 1.807) is 14.0 Å². The number of aromatic nitrogens is 2. The van der Waals surface area contributed by atoms with E-state index < -0.39 is 12.0 Å². The van der Waals surface area contributed by atoms with Crippen molar-refractivity contribution in [3.8, 4) is 16.2 Å². The molecule has 0 spiro atoms. The minimum atomic E-state index is -0.537. The number of fused-ring (bicyclic) bond motifs is 1. The summed E-state index contributed by atoms with van der Waals surface area (Å²) >= 11 is 1.34. The molecule has 1 aliphatic heterocycles.